The first-order valence-electron chi connectivity index (χ1n) is 5.88. The van der Waals surface area contributed by atoms with Crippen molar-refractivity contribution in [3.63, 3.8) is 0 Å². The molecule has 0 amide bonds. The van der Waals surface area contributed by atoms with Gasteiger partial charge >= 0.3 is 0 Å². The number of aromatic nitrogens is 2. The van der Waals surface area contributed by atoms with Gasteiger partial charge in [0.1, 0.15) is 5.82 Å². The van der Waals surface area contributed by atoms with E-state index in [1.165, 1.54) is 0 Å². The minimum absolute atomic E-state index is 0.474. The maximum Gasteiger partial charge on any atom is 0.133 e. The first kappa shape index (κ1) is 11.1. The van der Waals surface area contributed by atoms with E-state index in [9.17, 15) is 0 Å². The Kier molecular flexibility index (Phi) is 2.84. The van der Waals surface area contributed by atoms with Gasteiger partial charge in [-0.2, -0.15) is 0 Å². The molecule has 1 saturated heterocycles. The molecule has 3 rings (SSSR count). The Morgan fingerprint density at radius 1 is 1.35 bits per heavy atom. The summed E-state index contributed by atoms with van der Waals surface area (Å²) in [7, 11) is 0. The number of hydrogen-bond acceptors (Lipinski definition) is 3. The predicted molar refractivity (Wildman–Crippen MR) is 72.2 cm³/mol. The van der Waals surface area contributed by atoms with Crippen LogP contribution in [0.15, 0.2) is 22.7 Å². The molecule has 88 valence electrons. The molecule has 3 nitrogen and oxygen atoms in total. The average Bonchev–Trinajstić information content (AvgIpc) is 2.83. The molecule has 1 atom stereocenters. The minimum Gasteiger partial charge on any atom is -0.316 e. The third-order valence-electron chi connectivity index (χ3n) is 3.29. The number of benzene rings is 1. The highest BCUT2D eigenvalue weighted by atomic mass is 79.9. The number of fused-ring (bicyclic) bond motifs is 1. The number of nitrogens with one attached hydrogen (secondary N) is 1. The molecule has 1 unspecified atom stereocenters. The van der Waals surface area contributed by atoms with Gasteiger partial charge in [0, 0.05) is 28.0 Å². The zero-order valence-corrected chi connectivity index (χ0v) is 11.3. The van der Waals surface area contributed by atoms with Crippen molar-refractivity contribution in [3.05, 3.63) is 34.2 Å². The molecule has 1 fully saturated rings. The van der Waals surface area contributed by atoms with E-state index >= 15 is 0 Å². The molecule has 0 bridgehead atoms. The monoisotopic (exact) mass is 291 g/mol. The van der Waals surface area contributed by atoms with Crippen LogP contribution in [0, 0.1) is 6.92 Å². The molecule has 0 aliphatic carbocycles. The number of halogens is 1. The lowest BCUT2D eigenvalue weighted by Gasteiger charge is -2.10. The molecule has 0 spiro atoms. The van der Waals surface area contributed by atoms with Gasteiger partial charge in [-0.15, -0.1) is 0 Å². The summed E-state index contributed by atoms with van der Waals surface area (Å²) in [5, 5.41) is 4.49. The van der Waals surface area contributed by atoms with E-state index in [0.717, 1.165) is 46.4 Å². The smallest absolute Gasteiger partial charge is 0.133 e. The molecule has 1 aromatic heterocycles. The van der Waals surface area contributed by atoms with E-state index in [4.69, 9.17) is 0 Å². The lowest BCUT2D eigenvalue weighted by molar-refractivity contribution is 0.703. The Balaban J connectivity index is 2.13. The van der Waals surface area contributed by atoms with Crippen LogP contribution < -0.4 is 5.32 Å². The van der Waals surface area contributed by atoms with E-state index in [1.54, 1.807) is 0 Å². The highest BCUT2D eigenvalue weighted by Crippen LogP contribution is 2.25. The second-order valence-corrected chi connectivity index (χ2v) is 5.43. The number of hydrogen-bond donors (Lipinski definition) is 1. The summed E-state index contributed by atoms with van der Waals surface area (Å²) in [4.78, 5) is 9.34. The molecule has 1 aliphatic heterocycles. The standard InChI is InChI=1S/C13H14BrN3/c1-8-11-6-10(14)2-3-12(11)17-13(16-8)9-4-5-15-7-9/h2-3,6,9,15H,4-5,7H2,1H3. The van der Waals surface area contributed by atoms with Crippen LogP contribution in [0.4, 0.5) is 0 Å². The fourth-order valence-corrected chi connectivity index (χ4v) is 2.69. The molecule has 0 radical (unpaired) electrons. The topological polar surface area (TPSA) is 37.8 Å². The largest absolute Gasteiger partial charge is 0.316 e. The molecular formula is C13H14BrN3. The minimum atomic E-state index is 0.474. The van der Waals surface area contributed by atoms with Crippen molar-refractivity contribution in [2.45, 2.75) is 19.3 Å². The third kappa shape index (κ3) is 2.07. The maximum atomic E-state index is 4.69. The third-order valence-corrected chi connectivity index (χ3v) is 3.78. The van der Waals surface area contributed by atoms with Crippen LogP contribution >= 0.6 is 15.9 Å². The van der Waals surface area contributed by atoms with Crippen LogP contribution in [0.25, 0.3) is 10.9 Å². The van der Waals surface area contributed by atoms with Crippen molar-refractivity contribution in [2.75, 3.05) is 13.1 Å². The Bertz CT molecular complexity index is 562. The van der Waals surface area contributed by atoms with Crippen molar-refractivity contribution < 1.29 is 0 Å². The molecular weight excluding hydrogens is 278 g/mol. The second kappa shape index (κ2) is 4.35. The Hall–Kier alpha value is -1.000. The lowest BCUT2D eigenvalue weighted by Crippen LogP contribution is -2.10. The van der Waals surface area contributed by atoms with E-state index in [0.29, 0.717) is 5.92 Å². The summed E-state index contributed by atoms with van der Waals surface area (Å²) in [6, 6.07) is 6.17. The van der Waals surface area contributed by atoms with Crippen LogP contribution in [0.3, 0.4) is 0 Å². The van der Waals surface area contributed by atoms with E-state index in [1.807, 2.05) is 6.07 Å². The van der Waals surface area contributed by atoms with Gasteiger partial charge in [0.25, 0.3) is 0 Å². The van der Waals surface area contributed by atoms with Crippen LogP contribution in [0.5, 0.6) is 0 Å². The van der Waals surface area contributed by atoms with Gasteiger partial charge in [0.2, 0.25) is 0 Å². The Morgan fingerprint density at radius 3 is 3.00 bits per heavy atom. The molecule has 17 heavy (non-hydrogen) atoms. The Morgan fingerprint density at radius 2 is 2.24 bits per heavy atom. The summed E-state index contributed by atoms with van der Waals surface area (Å²) < 4.78 is 1.08. The molecule has 0 saturated carbocycles. The van der Waals surface area contributed by atoms with Crippen molar-refractivity contribution in [1.29, 1.82) is 0 Å². The van der Waals surface area contributed by atoms with Gasteiger partial charge in [0.05, 0.1) is 5.52 Å². The van der Waals surface area contributed by atoms with Crippen LogP contribution in [-0.2, 0) is 0 Å². The summed E-state index contributed by atoms with van der Waals surface area (Å²) in [5.41, 5.74) is 2.11. The number of rotatable bonds is 1. The molecule has 2 heterocycles. The first-order chi connectivity index (χ1) is 8.24. The second-order valence-electron chi connectivity index (χ2n) is 4.52. The maximum absolute atomic E-state index is 4.69. The van der Waals surface area contributed by atoms with Crippen LogP contribution in [0.2, 0.25) is 0 Å². The van der Waals surface area contributed by atoms with Crippen LogP contribution in [-0.4, -0.2) is 23.1 Å². The zero-order valence-electron chi connectivity index (χ0n) is 9.70. The fraction of sp³-hybridized carbons (Fsp3) is 0.385. The summed E-state index contributed by atoms with van der Waals surface area (Å²) in [6.07, 6.45) is 1.14. The highest BCUT2D eigenvalue weighted by molar-refractivity contribution is 9.10. The highest BCUT2D eigenvalue weighted by Gasteiger charge is 2.20. The van der Waals surface area contributed by atoms with Gasteiger partial charge < -0.3 is 5.32 Å². The summed E-state index contributed by atoms with van der Waals surface area (Å²) in [5.74, 6) is 1.46. The number of aryl methyl sites for hydroxylation is 1. The van der Waals surface area contributed by atoms with E-state index in [-0.39, 0.29) is 0 Å². The van der Waals surface area contributed by atoms with Crippen LogP contribution in [0.1, 0.15) is 23.9 Å². The average molecular weight is 292 g/mol. The molecule has 1 aliphatic rings. The summed E-state index contributed by atoms with van der Waals surface area (Å²) >= 11 is 3.49. The Labute approximate surface area is 109 Å². The normalized spacial score (nSPS) is 20.0. The lowest BCUT2D eigenvalue weighted by atomic mass is 10.1. The predicted octanol–water partition coefficient (Wildman–Crippen LogP) is 2.78. The molecule has 2 aromatic rings. The zero-order chi connectivity index (χ0) is 11.8. The van der Waals surface area contributed by atoms with Gasteiger partial charge in [-0.25, -0.2) is 9.97 Å². The van der Waals surface area contributed by atoms with Gasteiger partial charge in [-0.05, 0) is 38.1 Å². The quantitative estimate of drug-likeness (QED) is 0.878. The van der Waals surface area contributed by atoms with Crippen molar-refractivity contribution in [2.24, 2.45) is 0 Å². The fourth-order valence-electron chi connectivity index (χ4n) is 2.33. The first-order valence-corrected chi connectivity index (χ1v) is 6.68. The molecule has 1 aromatic carbocycles. The van der Waals surface area contributed by atoms with Gasteiger partial charge in [-0.1, -0.05) is 15.9 Å². The van der Waals surface area contributed by atoms with Crippen molar-refractivity contribution in [3.8, 4) is 0 Å². The van der Waals surface area contributed by atoms with E-state index in [2.05, 4.69) is 50.3 Å². The van der Waals surface area contributed by atoms with Crippen molar-refractivity contribution in [1.82, 2.24) is 15.3 Å². The van der Waals surface area contributed by atoms with Gasteiger partial charge in [0.15, 0.2) is 0 Å². The van der Waals surface area contributed by atoms with Crippen molar-refractivity contribution >= 4 is 26.8 Å². The summed E-state index contributed by atoms with van der Waals surface area (Å²) in [6.45, 7) is 4.13. The SMILES string of the molecule is Cc1nc(C2CCNC2)nc2ccc(Br)cc12. The molecule has 4 heteroatoms. The van der Waals surface area contributed by atoms with Gasteiger partial charge in [-0.3, -0.25) is 0 Å². The number of nitrogens with zero attached hydrogens (tertiary/aromatic N) is 2. The van der Waals surface area contributed by atoms with E-state index < -0.39 is 0 Å². The molecule has 1 N–H and O–H groups in total.